The highest BCUT2D eigenvalue weighted by Gasteiger charge is 2.26. The van der Waals surface area contributed by atoms with Crippen LogP contribution in [0.2, 0.25) is 0 Å². The summed E-state index contributed by atoms with van der Waals surface area (Å²) >= 11 is 1.44. The molecule has 1 fully saturated rings. The van der Waals surface area contributed by atoms with E-state index in [4.69, 9.17) is 0 Å². The summed E-state index contributed by atoms with van der Waals surface area (Å²) in [4.78, 5) is 18.7. The van der Waals surface area contributed by atoms with Crippen LogP contribution in [-0.4, -0.2) is 44.3 Å². The highest BCUT2D eigenvalue weighted by molar-refractivity contribution is 8.00. The van der Waals surface area contributed by atoms with Crippen LogP contribution in [0.4, 0.5) is 0 Å². The van der Waals surface area contributed by atoms with Crippen LogP contribution in [0.3, 0.4) is 0 Å². The molecule has 112 valence electrons. The van der Waals surface area contributed by atoms with E-state index >= 15 is 0 Å². The van der Waals surface area contributed by atoms with Crippen molar-refractivity contribution in [3.8, 4) is 0 Å². The van der Waals surface area contributed by atoms with Crippen molar-refractivity contribution in [1.29, 1.82) is 0 Å². The van der Waals surface area contributed by atoms with Gasteiger partial charge in [-0.15, -0.1) is 5.10 Å². The van der Waals surface area contributed by atoms with E-state index in [2.05, 4.69) is 15.2 Å². The Hall–Kier alpha value is -1.04. The summed E-state index contributed by atoms with van der Waals surface area (Å²) in [5.41, 5.74) is 0. The Labute approximate surface area is 124 Å². The number of aryl methyl sites for hydroxylation is 1. The molecule has 0 spiro atoms. The average Bonchev–Trinajstić information content (AvgIpc) is 2.94. The number of aromatic amines is 1. The molecule has 1 amide bonds. The molecule has 1 unspecified atom stereocenters. The first-order chi connectivity index (χ1) is 9.61. The first-order valence-electron chi connectivity index (χ1n) is 7.46. The van der Waals surface area contributed by atoms with Crippen molar-refractivity contribution in [2.45, 2.75) is 68.8 Å². The van der Waals surface area contributed by atoms with Gasteiger partial charge in [0.05, 0.1) is 5.25 Å². The Morgan fingerprint density at radius 1 is 1.45 bits per heavy atom. The van der Waals surface area contributed by atoms with Crippen molar-refractivity contribution in [3.05, 3.63) is 5.82 Å². The van der Waals surface area contributed by atoms with Crippen LogP contribution in [0.1, 0.15) is 51.8 Å². The molecule has 1 aromatic rings. The standard InChI is InChI=1S/C14H24N4OS/c1-4-12-15-14(17-16-12)20-10(2)13(19)18(3)11-8-6-5-7-9-11/h10-11H,4-9H2,1-3H3,(H,15,16,17). The smallest absolute Gasteiger partial charge is 0.235 e. The first kappa shape index (κ1) is 15.4. The van der Waals surface area contributed by atoms with Gasteiger partial charge in [0.15, 0.2) is 0 Å². The van der Waals surface area contributed by atoms with E-state index in [9.17, 15) is 4.79 Å². The largest absolute Gasteiger partial charge is 0.342 e. The number of H-pyrrole nitrogens is 1. The molecule has 20 heavy (non-hydrogen) atoms. The molecular formula is C14H24N4OS. The number of aromatic nitrogens is 3. The Kier molecular flexibility index (Phi) is 5.46. The SMILES string of the molecule is CCc1nc(SC(C)C(=O)N(C)C2CCCCC2)n[nH]1. The summed E-state index contributed by atoms with van der Waals surface area (Å²) in [7, 11) is 1.94. The lowest BCUT2D eigenvalue weighted by Gasteiger charge is -2.32. The van der Waals surface area contributed by atoms with E-state index in [1.54, 1.807) is 0 Å². The second-order valence-corrected chi connectivity index (χ2v) is 6.73. The van der Waals surface area contributed by atoms with E-state index in [1.807, 2.05) is 25.8 Å². The van der Waals surface area contributed by atoms with Crippen LogP contribution in [0.15, 0.2) is 5.16 Å². The van der Waals surface area contributed by atoms with Gasteiger partial charge >= 0.3 is 0 Å². The van der Waals surface area contributed by atoms with Crippen LogP contribution >= 0.6 is 11.8 Å². The molecule has 6 heteroatoms. The fraction of sp³-hybridized carbons (Fsp3) is 0.786. The maximum absolute atomic E-state index is 12.5. The van der Waals surface area contributed by atoms with Gasteiger partial charge < -0.3 is 4.90 Å². The van der Waals surface area contributed by atoms with Gasteiger partial charge in [-0.2, -0.15) is 0 Å². The van der Waals surface area contributed by atoms with Crippen LogP contribution in [0.5, 0.6) is 0 Å². The minimum absolute atomic E-state index is 0.137. The van der Waals surface area contributed by atoms with E-state index in [-0.39, 0.29) is 11.2 Å². The number of hydrogen-bond acceptors (Lipinski definition) is 4. The summed E-state index contributed by atoms with van der Waals surface area (Å²) in [6.45, 7) is 3.97. The summed E-state index contributed by atoms with van der Waals surface area (Å²) in [5.74, 6) is 1.05. The lowest BCUT2D eigenvalue weighted by atomic mass is 9.94. The quantitative estimate of drug-likeness (QED) is 0.849. The maximum Gasteiger partial charge on any atom is 0.235 e. The zero-order valence-electron chi connectivity index (χ0n) is 12.6. The van der Waals surface area contributed by atoms with Gasteiger partial charge in [-0.3, -0.25) is 9.89 Å². The van der Waals surface area contributed by atoms with Crippen molar-refractivity contribution in [2.75, 3.05) is 7.05 Å². The normalized spacial score (nSPS) is 17.9. The summed E-state index contributed by atoms with van der Waals surface area (Å²) in [5, 5.41) is 7.55. The minimum atomic E-state index is -0.137. The molecule has 1 N–H and O–H groups in total. The number of rotatable bonds is 5. The Morgan fingerprint density at radius 3 is 2.75 bits per heavy atom. The first-order valence-corrected chi connectivity index (χ1v) is 8.34. The van der Waals surface area contributed by atoms with Crippen molar-refractivity contribution in [2.24, 2.45) is 0 Å². The molecule has 5 nitrogen and oxygen atoms in total. The number of hydrogen-bond donors (Lipinski definition) is 1. The molecule has 1 heterocycles. The third-order valence-corrected chi connectivity index (χ3v) is 4.89. The van der Waals surface area contributed by atoms with Crippen LogP contribution in [0.25, 0.3) is 0 Å². The third kappa shape index (κ3) is 3.75. The zero-order valence-corrected chi connectivity index (χ0v) is 13.4. The Bertz CT molecular complexity index is 442. The summed E-state index contributed by atoms with van der Waals surface area (Å²) < 4.78 is 0. The lowest BCUT2D eigenvalue weighted by Crippen LogP contribution is -2.42. The molecular weight excluding hydrogens is 272 g/mol. The molecule has 1 aliphatic rings. The van der Waals surface area contributed by atoms with E-state index in [0.29, 0.717) is 11.2 Å². The highest BCUT2D eigenvalue weighted by Crippen LogP contribution is 2.25. The number of carbonyl (C=O) groups is 1. The second-order valence-electron chi connectivity index (χ2n) is 5.42. The van der Waals surface area contributed by atoms with Crippen LogP contribution in [0, 0.1) is 0 Å². The number of thioether (sulfide) groups is 1. The minimum Gasteiger partial charge on any atom is -0.342 e. The van der Waals surface area contributed by atoms with Crippen molar-refractivity contribution in [1.82, 2.24) is 20.1 Å². The van der Waals surface area contributed by atoms with E-state index < -0.39 is 0 Å². The molecule has 1 aliphatic carbocycles. The van der Waals surface area contributed by atoms with Crippen LogP contribution in [-0.2, 0) is 11.2 Å². The second kappa shape index (κ2) is 7.11. The highest BCUT2D eigenvalue weighted by atomic mass is 32.2. The van der Waals surface area contributed by atoms with E-state index in [1.165, 1.54) is 31.0 Å². The Morgan fingerprint density at radius 2 is 2.15 bits per heavy atom. The predicted octanol–water partition coefficient (Wildman–Crippen LogP) is 2.64. The molecule has 0 bridgehead atoms. The lowest BCUT2D eigenvalue weighted by molar-refractivity contribution is -0.131. The average molecular weight is 296 g/mol. The predicted molar refractivity (Wildman–Crippen MR) is 80.7 cm³/mol. The van der Waals surface area contributed by atoms with Gasteiger partial charge in [0.1, 0.15) is 5.82 Å². The number of carbonyl (C=O) groups excluding carboxylic acids is 1. The maximum atomic E-state index is 12.5. The van der Waals surface area contributed by atoms with Crippen molar-refractivity contribution >= 4 is 17.7 Å². The summed E-state index contributed by atoms with van der Waals surface area (Å²) in [6, 6.07) is 0.414. The topological polar surface area (TPSA) is 61.9 Å². The molecule has 2 rings (SSSR count). The zero-order chi connectivity index (χ0) is 14.5. The molecule has 0 aliphatic heterocycles. The van der Waals surface area contributed by atoms with Gasteiger partial charge in [-0.05, 0) is 19.8 Å². The van der Waals surface area contributed by atoms with Gasteiger partial charge in [-0.25, -0.2) is 4.98 Å². The molecule has 1 atom stereocenters. The molecule has 1 aromatic heterocycles. The van der Waals surface area contributed by atoms with Gasteiger partial charge in [0.2, 0.25) is 11.1 Å². The summed E-state index contributed by atoms with van der Waals surface area (Å²) in [6.07, 6.45) is 6.90. The van der Waals surface area contributed by atoms with E-state index in [0.717, 1.165) is 25.1 Å². The monoisotopic (exact) mass is 296 g/mol. The fourth-order valence-electron chi connectivity index (χ4n) is 2.63. The molecule has 0 saturated heterocycles. The fourth-order valence-corrected chi connectivity index (χ4v) is 3.48. The Balaban J connectivity index is 1.90. The number of amides is 1. The third-order valence-electron chi connectivity index (χ3n) is 3.95. The van der Waals surface area contributed by atoms with Gasteiger partial charge in [0.25, 0.3) is 0 Å². The van der Waals surface area contributed by atoms with Crippen molar-refractivity contribution < 1.29 is 4.79 Å². The molecule has 0 radical (unpaired) electrons. The molecule has 1 saturated carbocycles. The van der Waals surface area contributed by atoms with Gasteiger partial charge in [0, 0.05) is 19.5 Å². The molecule has 0 aromatic carbocycles. The van der Waals surface area contributed by atoms with Gasteiger partial charge in [-0.1, -0.05) is 37.9 Å². The van der Waals surface area contributed by atoms with Crippen LogP contribution < -0.4 is 0 Å². The number of nitrogens with one attached hydrogen (secondary N) is 1. The number of nitrogens with zero attached hydrogens (tertiary/aromatic N) is 3. The van der Waals surface area contributed by atoms with Crippen molar-refractivity contribution in [3.63, 3.8) is 0 Å².